The zero-order chi connectivity index (χ0) is 13.5. The highest BCUT2D eigenvalue weighted by atomic mass is 32.2. The van der Waals surface area contributed by atoms with Crippen LogP contribution in [-0.4, -0.2) is 24.7 Å². The number of Topliss-reactive ketones (excluding diaryl/α,β-unsaturated/α-hetero) is 1. The summed E-state index contributed by atoms with van der Waals surface area (Å²) in [5, 5.41) is 0. The molecule has 2 rings (SSSR count). The Morgan fingerprint density at radius 3 is 2.50 bits per heavy atom. The van der Waals surface area contributed by atoms with Crippen molar-refractivity contribution in [3.63, 3.8) is 0 Å². The molecule has 1 aliphatic rings. The Hall–Kier alpha value is -1.16. The summed E-state index contributed by atoms with van der Waals surface area (Å²) in [4.78, 5) is 12.6. The van der Waals surface area contributed by atoms with E-state index in [-0.39, 0.29) is 5.78 Å². The fourth-order valence-electron chi connectivity index (χ4n) is 2.21. The number of aryl methyl sites for hydroxylation is 1. The highest BCUT2D eigenvalue weighted by molar-refractivity contribution is 8.00. The van der Waals surface area contributed by atoms with Gasteiger partial charge in [-0.25, -0.2) is 0 Å². The van der Waals surface area contributed by atoms with Crippen LogP contribution in [0.5, 0.6) is 11.5 Å². The zero-order valence-corrected chi connectivity index (χ0v) is 12.2. The minimum Gasteiger partial charge on any atom is -0.493 e. The van der Waals surface area contributed by atoms with Gasteiger partial charge in [-0.2, -0.15) is 0 Å². The van der Waals surface area contributed by atoms with Crippen molar-refractivity contribution in [3.8, 4) is 11.5 Å². The molecule has 0 amide bonds. The number of ketones is 1. The number of carbonyl (C=O) groups is 1. The van der Waals surface area contributed by atoms with Crippen LogP contribution in [0, 0.1) is 6.92 Å². The number of methoxy groups -OCH3 is 2. The zero-order valence-electron chi connectivity index (χ0n) is 11.4. The Kier molecular flexibility index (Phi) is 3.32. The Morgan fingerprint density at radius 1 is 1.28 bits per heavy atom. The van der Waals surface area contributed by atoms with Crippen molar-refractivity contribution in [2.45, 2.75) is 31.3 Å². The van der Waals surface area contributed by atoms with Crippen LogP contribution in [0.1, 0.15) is 35.3 Å². The molecule has 18 heavy (non-hydrogen) atoms. The van der Waals surface area contributed by atoms with E-state index in [0.29, 0.717) is 17.1 Å². The first-order chi connectivity index (χ1) is 8.42. The molecular formula is C14H18O3S. The molecule has 0 atom stereocenters. The van der Waals surface area contributed by atoms with E-state index in [1.165, 1.54) is 0 Å². The van der Waals surface area contributed by atoms with Gasteiger partial charge < -0.3 is 9.47 Å². The predicted molar refractivity (Wildman–Crippen MR) is 74.0 cm³/mol. The quantitative estimate of drug-likeness (QED) is 0.823. The molecule has 0 N–H and O–H groups in total. The predicted octanol–water partition coefficient (Wildman–Crippen LogP) is 3.22. The second kappa shape index (κ2) is 4.50. The summed E-state index contributed by atoms with van der Waals surface area (Å²) in [5.41, 5.74) is 2.85. The fraction of sp³-hybridized carbons (Fsp3) is 0.500. The van der Waals surface area contributed by atoms with Gasteiger partial charge in [0.2, 0.25) is 0 Å². The monoisotopic (exact) mass is 266 g/mol. The second-order valence-corrected chi connectivity index (χ2v) is 6.51. The van der Waals surface area contributed by atoms with Crippen molar-refractivity contribution in [1.29, 1.82) is 0 Å². The van der Waals surface area contributed by atoms with E-state index in [1.54, 1.807) is 26.0 Å². The fourth-order valence-corrected chi connectivity index (χ4v) is 3.32. The Labute approximate surface area is 112 Å². The van der Waals surface area contributed by atoms with E-state index in [4.69, 9.17) is 9.47 Å². The van der Waals surface area contributed by atoms with E-state index < -0.39 is 4.75 Å². The molecular weight excluding hydrogens is 248 g/mol. The first-order valence-electron chi connectivity index (χ1n) is 5.85. The van der Waals surface area contributed by atoms with E-state index in [1.807, 2.05) is 26.8 Å². The molecule has 0 bridgehead atoms. The van der Waals surface area contributed by atoms with Gasteiger partial charge in [-0.15, -0.1) is 11.8 Å². The Balaban J connectivity index is 2.73. The molecule has 1 heterocycles. The van der Waals surface area contributed by atoms with Crippen LogP contribution in [0.15, 0.2) is 6.07 Å². The number of hydrogen-bond donors (Lipinski definition) is 0. The van der Waals surface area contributed by atoms with Crippen molar-refractivity contribution >= 4 is 17.5 Å². The number of hydrogen-bond acceptors (Lipinski definition) is 4. The first-order valence-corrected chi connectivity index (χ1v) is 6.84. The summed E-state index contributed by atoms with van der Waals surface area (Å²) in [6, 6.07) is 1.93. The summed E-state index contributed by atoms with van der Waals surface area (Å²) >= 11 is 1.67. The third kappa shape index (κ3) is 1.88. The first kappa shape index (κ1) is 13.3. The third-order valence-electron chi connectivity index (χ3n) is 3.35. The maximum absolute atomic E-state index is 12.6. The second-order valence-electron chi connectivity index (χ2n) is 4.91. The SMILES string of the molecule is COc1cc(C)c2c(c1OC)C(=O)C(C)(C)SC2. The third-order valence-corrected chi connectivity index (χ3v) is 4.69. The van der Waals surface area contributed by atoms with Gasteiger partial charge in [0, 0.05) is 5.75 Å². The minimum atomic E-state index is -0.404. The van der Waals surface area contributed by atoms with Gasteiger partial charge in [0.25, 0.3) is 0 Å². The van der Waals surface area contributed by atoms with E-state index >= 15 is 0 Å². The molecule has 1 aromatic carbocycles. The number of carbonyl (C=O) groups excluding carboxylic acids is 1. The number of thioether (sulfide) groups is 1. The minimum absolute atomic E-state index is 0.118. The van der Waals surface area contributed by atoms with Crippen molar-refractivity contribution in [1.82, 2.24) is 0 Å². The standard InChI is InChI=1S/C14H18O3S/c1-8-6-10(16-4)12(17-5)11-9(8)7-18-14(2,3)13(11)15/h6H,7H2,1-5H3. The lowest BCUT2D eigenvalue weighted by Crippen LogP contribution is -2.33. The maximum atomic E-state index is 12.6. The lowest BCUT2D eigenvalue weighted by atomic mass is 9.91. The largest absolute Gasteiger partial charge is 0.493 e. The van der Waals surface area contributed by atoms with Crippen LogP contribution in [-0.2, 0) is 5.75 Å². The highest BCUT2D eigenvalue weighted by Gasteiger charge is 2.38. The molecule has 0 radical (unpaired) electrons. The van der Waals surface area contributed by atoms with Crippen LogP contribution in [0.3, 0.4) is 0 Å². The maximum Gasteiger partial charge on any atom is 0.182 e. The summed E-state index contributed by atoms with van der Waals surface area (Å²) in [6.07, 6.45) is 0. The van der Waals surface area contributed by atoms with Crippen LogP contribution in [0.4, 0.5) is 0 Å². The average molecular weight is 266 g/mol. The summed E-state index contributed by atoms with van der Waals surface area (Å²) in [7, 11) is 3.17. The molecule has 0 saturated carbocycles. The molecule has 0 unspecified atom stereocenters. The summed E-state index contributed by atoms with van der Waals surface area (Å²) in [6.45, 7) is 5.92. The van der Waals surface area contributed by atoms with Crippen LogP contribution >= 0.6 is 11.8 Å². The molecule has 0 fully saturated rings. The smallest absolute Gasteiger partial charge is 0.182 e. The van der Waals surface area contributed by atoms with Crippen LogP contribution in [0.2, 0.25) is 0 Å². The number of rotatable bonds is 2. The molecule has 0 aliphatic carbocycles. The topological polar surface area (TPSA) is 35.5 Å². The van der Waals surface area contributed by atoms with Crippen molar-refractivity contribution in [2.75, 3.05) is 14.2 Å². The summed E-state index contributed by atoms with van der Waals surface area (Å²) < 4.78 is 10.3. The normalized spacial score (nSPS) is 17.3. The lowest BCUT2D eigenvalue weighted by Gasteiger charge is -2.31. The van der Waals surface area contributed by atoms with Gasteiger partial charge in [-0.3, -0.25) is 4.79 Å². The van der Waals surface area contributed by atoms with Gasteiger partial charge in [0.1, 0.15) is 0 Å². The van der Waals surface area contributed by atoms with Gasteiger partial charge in [-0.05, 0) is 38.0 Å². The molecule has 1 aromatic rings. The Bertz CT molecular complexity index is 506. The van der Waals surface area contributed by atoms with Crippen molar-refractivity contribution in [2.24, 2.45) is 0 Å². The molecule has 4 heteroatoms. The Morgan fingerprint density at radius 2 is 1.94 bits per heavy atom. The molecule has 0 spiro atoms. The van der Waals surface area contributed by atoms with E-state index in [9.17, 15) is 4.79 Å². The molecule has 0 saturated heterocycles. The van der Waals surface area contributed by atoms with Crippen molar-refractivity contribution < 1.29 is 14.3 Å². The van der Waals surface area contributed by atoms with Gasteiger partial charge in [0.05, 0.1) is 24.5 Å². The average Bonchev–Trinajstić information content (AvgIpc) is 2.33. The number of ether oxygens (including phenoxy) is 2. The lowest BCUT2D eigenvalue weighted by molar-refractivity contribution is 0.0951. The van der Waals surface area contributed by atoms with Crippen LogP contribution in [0.25, 0.3) is 0 Å². The van der Waals surface area contributed by atoms with Gasteiger partial charge in [-0.1, -0.05) is 0 Å². The van der Waals surface area contributed by atoms with Crippen molar-refractivity contribution in [3.05, 3.63) is 22.8 Å². The highest BCUT2D eigenvalue weighted by Crippen LogP contribution is 2.46. The molecule has 0 aromatic heterocycles. The van der Waals surface area contributed by atoms with Crippen LogP contribution < -0.4 is 9.47 Å². The number of fused-ring (bicyclic) bond motifs is 1. The van der Waals surface area contributed by atoms with E-state index in [0.717, 1.165) is 16.9 Å². The molecule has 1 aliphatic heterocycles. The van der Waals surface area contributed by atoms with Gasteiger partial charge in [0.15, 0.2) is 17.3 Å². The molecule has 3 nitrogen and oxygen atoms in total. The van der Waals surface area contributed by atoms with Gasteiger partial charge >= 0.3 is 0 Å². The molecule has 98 valence electrons. The van der Waals surface area contributed by atoms with E-state index in [2.05, 4.69) is 0 Å². The number of benzene rings is 1. The summed E-state index contributed by atoms with van der Waals surface area (Å²) in [5.74, 6) is 2.15.